The van der Waals surface area contributed by atoms with E-state index in [-0.39, 0.29) is 39.0 Å². The molecule has 320 valence electrons. The molecule has 0 amide bonds. The molecule has 0 aliphatic carbocycles. The third-order valence-electron chi connectivity index (χ3n) is 13.5. The van der Waals surface area contributed by atoms with E-state index < -0.39 is 42.4 Å². The summed E-state index contributed by atoms with van der Waals surface area (Å²) < 4.78 is 20.6. The Morgan fingerprint density at radius 1 is 0.836 bits per heavy atom. The highest BCUT2D eigenvalue weighted by atomic mass is 32.1. The van der Waals surface area contributed by atoms with Crippen LogP contribution in [0, 0.1) is 24.2 Å². The van der Waals surface area contributed by atoms with Gasteiger partial charge in [0.25, 0.3) is 0 Å². The summed E-state index contributed by atoms with van der Waals surface area (Å²) in [7, 11) is -6.17. The first-order valence-electron chi connectivity index (χ1n) is 21.1. The summed E-state index contributed by atoms with van der Waals surface area (Å²) >= 11 is 1.67. The van der Waals surface area contributed by atoms with Gasteiger partial charge in [0.05, 0.1) is 29.0 Å². The van der Waals surface area contributed by atoms with Gasteiger partial charge in [0.2, 0.25) is 0 Å². The Bertz CT molecular complexity index is 1420. The lowest BCUT2D eigenvalue weighted by Gasteiger charge is -2.45. The average Bonchev–Trinajstić information content (AvgIpc) is 3.43. The summed E-state index contributed by atoms with van der Waals surface area (Å²) in [6.07, 6.45) is 7.73. The zero-order valence-electron chi connectivity index (χ0n) is 39.8. The number of aryl methyl sites for hydroxylation is 1. The minimum absolute atomic E-state index is 0.00290. The van der Waals surface area contributed by atoms with Gasteiger partial charge in [0.15, 0.2) is 25.0 Å². The number of rotatable bonds is 21. The van der Waals surface area contributed by atoms with Gasteiger partial charge in [-0.15, -0.1) is 11.3 Å². The maximum Gasteiger partial charge on any atom is 0.192 e. The van der Waals surface area contributed by atoms with Gasteiger partial charge >= 0.3 is 0 Å². The first-order valence-corrected chi connectivity index (χ1v) is 30.7. The molecule has 2 unspecified atom stereocenters. The lowest BCUT2D eigenvalue weighted by molar-refractivity contribution is -0.141. The fourth-order valence-corrected chi connectivity index (χ4v) is 10.5. The van der Waals surface area contributed by atoms with Gasteiger partial charge in [-0.1, -0.05) is 102 Å². The van der Waals surface area contributed by atoms with Crippen molar-refractivity contribution in [3.05, 3.63) is 33.3 Å². The van der Waals surface area contributed by atoms with Crippen molar-refractivity contribution in [3.8, 4) is 0 Å². The second-order valence-electron chi connectivity index (χ2n) is 21.8. The summed E-state index contributed by atoms with van der Waals surface area (Å²) in [6.45, 7) is 49.1. The van der Waals surface area contributed by atoms with Crippen molar-refractivity contribution in [1.29, 1.82) is 0 Å². The normalized spacial score (nSPS) is 17.6. The Morgan fingerprint density at radius 2 is 1.35 bits per heavy atom. The molecule has 0 aliphatic rings. The molecule has 10 heteroatoms. The molecule has 1 aromatic rings. The molecule has 0 bridgehead atoms. The van der Waals surface area contributed by atoms with Gasteiger partial charge < -0.3 is 18.4 Å². The SMILES string of the molecule is C/C(=C\C[C@H](O[Si](C)(C)C(C)(C)C)/C(C)=C/c1csc(C)n1)CCCC(C)[C@H](O)[C@@H](C)C(=O)C(C)(C)C(CCO[Si](C)(C)C(C)(C)C)O[Si](C)(C)C(C)(C)C. The zero-order valence-corrected chi connectivity index (χ0v) is 43.6. The highest BCUT2D eigenvalue weighted by Gasteiger charge is 2.48. The molecule has 1 rings (SSSR count). The Balaban J connectivity index is 3.07. The van der Waals surface area contributed by atoms with Crippen LogP contribution in [0.5, 0.6) is 0 Å². The largest absolute Gasteiger partial charge is 0.417 e. The topological polar surface area (TPSA) is 77.9 Å². The number of hydrogen-bond acceptors (Lipinski definition) is 7. The fourth-order valence-electron chi connectivity index (χ4n) is 6.05. The van der Waals surface area contributed by atoms with Gasteiger partial charge in [-0.25, -0.2) is 4.98 Å². The third kappa shape index (κ3) is 15.4. The van der Waals surface area contributed by atoms with Crippen LogP contribution in [0.2, 0.25) is 54.4 Å². The molecule has 0 aromatic carbocycles. The zero-order chi connectivity index (χ0) is 43.2. The van der Waals surface area contributed by atoms with Crippen LogP contribution in [0.3, 0.4) is 0 Å². The second-order valence-corrected chi connectivity index (χ2v) is 37.2. The molecule has 55 heavy (non-hydrogen) atoms. The molecule has 0 fully saturated rings. The predicted molar refractivity (Wildman–Crippen MR) is 248 cm³/mol. The van der Waals surface area contributed by atoms with Crippen LogP contribution >= 0.6 is 11.3 Å². The molecule has 6 nitrogen and oxygen atoms in total. The number of thiazole rings is 1. The van der Waals surface area contributed by atoms with Gasteiger partial charge in [-0.3, -0.25) is 4.79 Å². The van der Waals surface area contributed by atoms with Gasteiger partial charge in [0, 0.05) is 23.3 Å². The summed E-state index contributed by atoms with van der Waals surface area (Å²) in [5.74, 6) is -0.438. The molecule has 1 aromatic heterocycles. The van der Waals surface area contributed by atoms with E-state index >= 15 is 0 Å². The highest BCUT2D eigenvalue weighted by molar-refractivity contribution is 7.09. The molecule has 5 atom stereocenters. The van der Waals surface area contributed by atoms with Crippen molar-refractivity contribution < 1.29 is 23.2 Å². The Labute approximate surface area is 347 Å². The minimum Gasteiger partial charge on any atom is -0.417 e. The molecule has 0 radical (unpaired) electrons. The summed E-state index contributed by atoms with van der Waals surface area (Å²) in [4.78, 5) is 19.1. The number of aliphatic hydroxyl groups excluding tert-OH is 1. The molecular weight excluding hydrogens is 751 g/mol. The van der Waals surface area contributed by atoms with Crippen LogP contribution in [0.25, 0.3) is 6.08 Å². The van der Waals surface area contributed by atoms with Crippen LogP contribution < -0.4 is 0 Å². The van der Waals surface area contributed by atoms with Crippen LogP contribution in [-0.4, -0.2) is 65.7 Å². The monoisotopic (exact) mass is 838 g/mol. The molecule has 1 N–H and O–H groups in total. The first kappa shape index (κ1) is 52.3. The third-order valence-corrected chi connectivity index (χ3v) is 27.8. The lowest BCUT2D eigenvalue weighted by atomic mass is 9.73. The smallest absolute Gasteiger partial charge is 0.192 e. The number of carbonyl (C=O) groups excluding carboxylic acids is 1. The Kier molecular flexibility index (Phi) is 19.0. The van der Waals surface area contributed by atoms with Gasteiger partial charge in [-0.2, -0.15) is 0 Å². The maximum absolute atomic E-state index is 14.4. The second kappa shape index (κ2) is 20.0. The summed E-state index contributed by atoms with van der Waals surface area (Å²) in [5.41, 5.74) is 2.76. The van der Waals surface area contributed by atoms with Crippen molar-refractivity contribution in [2.75, 3.05) is 6.61 Å². The highest BCUT2D eigenvalue weighted by Crippen LogP contribution is 2.43. The van der Waals surface area contributed by atoms with Gasteiger partial charge in [-0.05, 0) is 125 Å². The Hall–Kier alpha value is -0.729. The van der Waals surface area contributed by atoms with E-state index in [1.54, 1.807) is 11.3 Å². The standard InChI is InChI=1S/C45H87NO5SSi3/c1-32(26-27-38(50-54(19,20)43(9,10)11)34(3)30-37-31-52-36(5)46-37)24-23-25-33(2)40(47)35(4)41(48)45(15,16)39(51-55(21,22)44(12,13)14)28-29-49-53(17,18)42(6,7)8/h26,30-31,33,35,38-40,47H,23-25,27-29H2,1-22H3/b32-26+,34-30+/t33?,35-,38+,39?,40+/m1/s1. The average molecular weight is 839 g/mol. The number of carbonyl (C=O) groups is 1. The number of Topliss-reactive ketones (excluding diaryl/α,β-unsaturated/α-hetero) is 1. The van der Waals surface area contributed by atoms with Crippen molar-refractivity contribution in [1.82, 2.24) is 4.98 Å². The van der Waals surface area contributed by atoms with Crippen LogP contribution in [0.15, 0.2) is 22.6 Å². The predicted octanol–water partition coefficient (Wildman–Crippen LogP) is 13.8. The van der Waals surface area contributed by atoms with E-state index in [0.29, 0.717) is 13.0 Å². The van der Waals surface area contributed by atoms with Gasteiger partial charge in [0.1, 0.15) is 5.78 Å². The van der Waals surface area contributed by atoms with Crippen molar-refractivity contribution in [3.63, 3.8) is 0 Å². The fraction of sp³-hybridized carbons (Fsp3) is 0.822. The van der Waals surface area contributed by atoms with E-state index in [0.717, 1.165) is 36.4 Å². The molecule has 0 spiro atoms. The van der Waals surface area contributed by atoms with E-state index in [4.69, 9.17) is 13.3 Å². The van der Waals surface area contributed by atoms with Crippen LogP contribution in [-0.2, 0) is 18.1 Å². The maximum atomic E-state index is 14.4. The van der Waals surface area contributed by atoms with Crippen molar-refractivity contribution in [2.45, 2.75) is 216 Å². The number of hydrogen-bond donors (Lipinski definition) is 1. The number of allylic oxidation sites excluding steroid dienone is 1. The molecule has 0 saturated carbocycles. The summed E-state index contributed by atoms with van der Waals surface area (Å²) in [6, 6.07) is 0. The molecule has 0 aliphatic heterocycles. The quantitative estimate of drug-likeness (QED) is 0.0981. The van der Waals surface area contributed by atoms with Crippen molar-refractivity contribution >= 4 is 48.1 Å². The van der Waals surface area contributed by atoms with E-state index in [1.807, 2.05) is 27.7 Å². The van der Waals surface area contributed by atoms with E-state index in [9.17, 15) is 9.90 Å². The van der Waals surface area contributed by atoms with Crippen LogP contribution in [0.1, 0.15) is 147 Å². The molecule has 0 saturated heterocycles. The van der Waals surface area contributed by atoms with E-state index in [2.05, 4.69) is 145 Å². The van der Waals surface area contributed by atoms with Crippen molar-refractivity contribution in [2.24, 2.45) is 17.3 Å². The Morgan fingerprint density at radius 3 is 1.82 bits per heavy atom. The minimum atomic E-state index is -2.20. The number of aromatic nitrogens is 1. The first-order chi connectivity index (χ1) is 24.6. The molecule has 1 heterocycles. The van der Waals surface area contributed by atoms with E-state index in [1.165, 1.54) is 11.1 Å². The number of aliphatic hydroxyl groups is 1. The number of ketones is 1. The summed E-state index contributed by atoms with van der Waals surface area (Å²) in [5, 5.41) is 15.0. The van der Waals surface area contributed by atoms with Crippen LogP contribution in [0.4, 0.5) is 0 Å². The number of nitrogens with zero attached hydrogens (tertiary/aromatic N) is 1. The molecular formula is C45H87NO5SSi3. The lowest BCUT2D eigenvalue weighted by Crippen LogP contribution is -2.52.